The minimum absolute atomic E-state index is 0.00635. The zero-order valence-corrected chi connectivity index (χ0v) is 15.2. The van der Waals surface area contributed by atoms with Gasteiger partial charge in [-0.1, -0.05) is 13.0 Å². The summed E-state index contributed by atoms with van der Waals surface area (Å²) in [6.07, 6.45) is 0. The molecule has 1 heterocycles. The van der Waals surface area contributed by atoms with E-state index in [4.69, 9.17) is 0 Å². The molecule has 130 valence electrons. The molecule has 0 saturated carbocycles. The number of carbonyl (C=O) groups is 1. The van der Waals surface area contributed by atoms with Crippen molar-refractivity contribution in [2.24, 2.45) is 0 Å². The van der Waals surface area contributed by atoms with Gasteiger partial charge in [0.25, 0.3) is 5.91 Å². The third-order valence-corrected chi connectivity index (χ3v) is 5.50. The zero-order chi connectivity index (χ0) is 17.9. The molecule has 0 fully saturated rings. The number of carbonyl (C=O) groups excluding carboxylic acids is 1. The maximum atomic E-state index is 12.4. The van der Waals surface area contributed by atoms with Gasteiger partial charge in [-0.3, -0.25) is 9.48 Å². The van der Waals surface area contributed by atoms with E-state index in [1.807, 2.05) is 31.5 Å². The van der Waals surface area contributed by atoms with Gasteiger partial charge in [0.1, 0.15) is 0 Å². The number of nitrogens with one attached hydrogen (secondary N) is 1. The monoisotopic (exact) mass is 349 g/mol. The average molecular weight is 349 g/mol. The first-order chi connectivity index (χ1) is 11.2. The number of rotatable bonds is 6. The molecule has 0 aliphatic heterocycles. The van der Waals surface area contributed by atoms with E-state index >= 15 is 0 Å². The van der Waals surface area contributed by atoms with Gasteiger partial charge in [-0.25, -0.2) is 8.42 Å². The van der Waals surface area contributed by atoms with Crippen molar-refractivity contribution in [2.75, 3.05) is 5.75 Å². The molecule has 1 aromatic heterocycles. The molecule has 2 aromatic rings. The first-order valence-corrected chi connectivity index (χ1v) is 9.53. The number of hydrogen-bond acceptors (Lipinski definition) is 4. The van der Waals surface area contributed by atoms with Crippen LogP contribution in [0.3, 0.4) is 0 Å². The number of benzene rings is 1. The van der Waals surface area contributed by atoms with Crippen LogP contribution in [0.2, 0.25) is 0 Å². The van der Waals surface area contributed by atoms with Crippen LogP contribution in [0.4, 0.5) is 0 Å². The Kier molecular flexibility index (Phi) is 5.43. The van der Waals surface area contributed by atoms with Crippen LogP contribution in [0, 0.1) is 13.8 Å². The van der Waals surface area contributed by atoms with Gasteiger partial charge in [0, 0.05) is 17.3 Å². The fourth-order valence-corrected chi connectivity index (χ4v) is 3.40. The summed E-state index contributed by atoms with van der Waals surface area (Å²) in [5, 5.41) is 7.26. The molecule has 7 heteroatoms. The predicted molar refractivity (Wildman–Crippen MR) is 92.8 cm³/mol. The van der Waals surface area contributed by atoms with E-state index in [1.165, 1.54) is 12.1 Å². The number of aromatic nitrogens is 2. The molecule has 0 radical (unpaired) electrons. The molecule has 1 N–H and O–H groups in total. The van der Waals surface area contributed by atoms with Gasteiger partial charge in [-0.15, -0.1) is 0 Å². The van der Waals surface area contributed by atoms with Crippen LogP contribution in [-0.4, -0.2) is 35.9 Å². The molecule has 0 bridgehead atoms. The molecule has 0 aliphatic carbocycles. The van der Waals surface area contributed by atoms with Crippen molar-refractivity contribution in [2.45, 2.75) is 45.2 Å². The zero-order valence-electron chi connectivity index (χ0n) is 14.4. The molecule has 0 saturated heterocycles. The van der Waals surface area contributed by atoms with E-state index in [0.29, 0.717) is 12.1 Å². The van der Waals surface area contributed by atoms with Crippen LogP contribution in [0.25, 0.3) is 0 Å². The van der Waals surface area contributed by atoms with Crippen molar-refractivity contribution in [3.63, 3.8) is 0 Å². The van der Waals surface area contributed by atoms with Gasteiger partial charge in [0.2, 0.25) is 0 Å². The standard InChI is InChI=1S/C17H23N3O3S/c1-5-24(22,23)16-8-6-7-15(10-16)17(21)18-13(3)11-20-14(4)9-12(2)19-20/h6-10,13H,5,11H2,1-4H3,(H,18,21)/t13-/m0/s1. The SMILES string of the molecule is CCS(=O)(=O)c1cccc(C(=O)N[C@@H](C)Cn2nc(C)cc2C)c1. The molecular weight excluding hydrogens is 326 g/mol. The summed E-state index contributed by atoms with van der Waals surface area (Å²) in [4.78, 5) is 12.5. The number of amides is 1. The van der Waals surface area contributed by atoms with E-state index in [9.17, 15) is 13.2 Å². The Morgan fingerprint density at radius 2 is 2.00 bits per heavy atom. The highest BCUT2D eigenvalue weighted by Gasteiger charge is 2.16. The molecular formula is C17H23N3O3S. The van der Waals surface area contributed by atoms with E-state index in [-0.39, 0.29) is 22.6 Å². The number of aryl methyl sites for hydroxylation is 2. The Balaban J connectivity index is 2.09. The van der Waals surface area contributed by atoms with E-state index in [0.717, 1.165) is 11.4 Å². The lowest BCUT2D eigenvalue weighted by Crippen LogP contribution is -2.36. The van der Waals surface area contributed by atoms with Crippen LogP contribution < -0.4 is 5.32 Å². The molecule has 1 aromatic carbocycles. The van der Waals surface area contributed by atoms with Gasteiger partial charge in [-0.2, -0.15) is 5.10 Å². The van der Waals surface area contributed by atoms with E-state index < -0.39 is 9.84 Å². The summed E-state index contributed by atoms with van der Waals surface area (Å²) in [6, 6.07) is 7.97. The fourth-order valence-electron chi connectivity index (χ4n) is 2.47. The third kappa shape index (κ3) is 4.23. The van der Waals surface area contributed by atoms with Crippen LogP contribution in [0.1, 0.15) is 35.6 Å². The largest absolute Gasteiger partial charge is 0.348 e. The second-order valence-corrected chi connectivity index (χ2v) is 8.19. The van der Waals surface area contributed by atoms with Crippen molar-refractivity contribution in [1.29, 1.82) is 0 Å². The summed E-state index contributed by atoms with van der Waals surface area (Å²) in [7, 11) is -3.33. The number of hydrogen-bond donors (Lipinski definition) is 1. The highest BCUT2D eigenvalue weighted by Crippen LogP contribution is 2.13. The lowest BCUT2D eigenvalue weighted by Gasteiger charge is -2.15. The van der Waals surface area contributed by atoms with Crippen LogP contribution >= 0.6 is 0 Å². The van der Waals surface area contributed by atoms with Gasteiger partial charge < -0.3 is 5.32 Å². The Morgan fingerprint density at radius 3 is 2.58 bits per heavy atom. The van der Waals surface area contributed by atoms with E-state index in [2.05, 4.69) is 10.4 Å². The molecule has 1 atom stereocenters. The quantitative estimate of drug-likeness (QED) is 0.866. The van der Waals surface area contributed by atoms with Crippen LogP contribution in [0.15, 0.2) is 35.2 Å². The van der Waals surface area contributed by atoms with Gasteiger partial charge in [0.15, 0.2) is 9.84 Å². The molecule has 6 nitrogen and oxygen atoms in total. The van der Waals surface area contributed by atoms with Crippen molar-refractivity contribution in [3.05, 3.63) is 47.3 Å². The highest BCUT2D eigenvalue weighted by molar-refractivity contribution is 7.91. The second-order valence-electron chi connectivity index (χ2n) is 5.91. The first kappa shape index (κ1) is 18.2. The predicted octanol–water partition coefficient (Wildman–Crippen LogP) is 2.11. The highest BCUT2D eigenvalue weighted by atomic mass is 32.2. The summed E-state index contributed by atoms with van der Waals surface area (Å²) < 4.78 is 25.7. The Bertz CT molecular complexity index is 841. The first-order valence-electron chi connectivity index (χ1n) is 7.87. The van der Waals surface area contributed by atoms with E-state index in [1.54, 1.807) is 19.1 Å². The number of sulfone groups is 1. The molecule has 24 heavy (non-hydrogen) atoms. The smallest absolute Gasteiger partial charge is 0.251 e. The Morgan fingerprint density at radius 1 is 1.29 bits per heavy atom. The molecule has 1 amide bonds. The summed E-state index contributed by atoms with van der Waals surface area (Å²) in [5.41, 5.74) is 2.30. The third-order valence-electron chi connectivity index (χ3n) is 3.76. The molecule has 2 rings (SSSR count). The topological polar surface area (TPSA) is 81.1 Å². The molecule has 0 spiro atoms. The van der Waals surface area contributed by atoms with Crippen molar-refractivity contribution in [1.82, 2.24) is 15.1 Å². The van der Waals surface area contributed by atoms with Crippen molar-refractivity contribution >= 4 is 15.7 Å². The fraction of sp³-hybridized carbons (Fsp3) is 0.412. The normalized spacial score (nSPS) is 12.8. The lowest BCUT2D eigenvalue weighted by molar-refractivity contribution is 0.0935. The van der Waals surface area contributed by atoms with Gasteiger partial charge in [-0.05, 0) is 45.0 Å². The van der Waals surface area contributed by atoms with Gasteiger partial charge in [0.05, 0.1) is 22.9 Å². The second kappa shape index (κ2) is 7.17. The lowest BCUT2D eigenvalue weighted by atomic mass is 10.2. The molecule has 0 unspecified atom stereocenters. The van der Waals surface area contributed by atoms with Crippen molar-refractivity contribution in [3.8, 4) is 0 Å². The summed E-state index contributed by atoms with van der Waals surface area (Å²) in [5.74, 6) is -0.288. The maximum absolute atomic E-state index is 12.4. The minimum Gasteiger partial charge on any atom is -0.348 e. The molecule has 0 aliphatic rings. The van der Waals surface area contributed by atoms with Crippen LogP contribution in [0.5, 0.6) is 0 Å². The number of nitrogens with zero attached hydrogens (tertiary/aromatic N) is 2. The average Bonchev–Trinajstić information content (AvgIpc) is 2.84. The summed E-state index contributed by atoms with van der Waals surface area (Å²) >= 11 is 0. The van der Waals surface area contributed by atoms with Crippen molar-refractivity contribution < 1.29 is 13.2 Å². The maximum Gasteiger partial charge on any atom is 0.251 e. The van der Waals surface area contributed by atoms with Crippen LogP contribution in [-0.2, 0) is 16.4 Å². The minimum atomic E-state index is -3.33. The van der Waals surface area contributed by atoms with Gasteiger partial charge >= 0.3 is 0 Å². The Labute approximate surface area is 142 Å². The summed E-state index contributed by atoms with van der Waals surface area (Å²) in [6.45, 7) is 7.91. The Hall–Kier alpha value is -2.15.